The first-order chi connectivity index (χ1) is 7.83. The number of methoxy groups -OCH3 is 1. The Bertz CT molecular complexity index is 411. The highest BCUT2D eigenvalue weighted by Crippen LogP contribution is 2.18. The zero-order chi connectivity index (χ0) is 13.1. The van der Waals surface area contributed by atoms with E-state index in [0.29, 0.717) is 17.1 Å². The monoisotopic (exact) mass is 237 g/mol. The van der Waals surface area contributed by atoms with Crippen LogP contribution in [-0.4, -0.2) is 24.6 Å². The minimum atomic E-state index is -0.455. The molecule has 5 heteroatoms. The van der Waals surface area contributed by atoms with Crippen LogP contribution in [0, 0.1) is 5.41 Å². The maximum absolute atomic E-state index is 11.4. The SMILES string of the molecule is COC(=O)c1cc(NCC(C)(C)C)ncc1N. The van der Waals surface area contributed by atoms with E-state index in [-0.39, 0.29) is 5.41 Å². The summed E-state index contributed by atoms with van der Waals surface area (Å²) in [6.07, 6.45) is 1.46. The number of nitrogen functional groups attached to an aromatic ring is 1. The Hall–Kier alpha value is -1.78. The molecule has 0 fully saturated rings. The van der Waals surface area contributed by atoms with Crippen molar-refractivity contribution in [1.82, 2.24) is 4.98 Å². The standard InChI is InChI=1S/C12H19N3O2/c1-12(2,3)7-15-10-5-8(11(16)17-4)9(13)6-14-10/h5-6H,7,13H2,1-4H3,(H,14,15). The van der Waals surface area contributed by atoms with Crippen LogP contribution in [0.5, 0.6) is 0 Å². The Balaban J connectivity index is 2.86. The molecule has 1 aromatic rings. The predicted octanol–water partition coefficient (Wildman–Crippen LogP) is 1.91. The molecule has 0 aliphatic carbocycles. The molecule has 3 N–H and O–H groups in total. The van der Waals surface area contributed by atoms with E-state index in [4.69, 9.17) is 5.73 Å². The highest BCUT2D eigenvalue weighted by molar-refractivity contribution is 5.95. The van der Waals surface area contributed by atoms with Crippen molar-refractivity contribution in [2.75, 3.05) is 24.7 Å². The summed E-state index contributed by atoms with van der Waals surface area (Å²) in [7, 11) is 1.32. The first-order valence-corrected chi connectivity index (χ1v) is 5.41. The molecule has 1 aromatic heterocycles. The van der Waals surface area contributed by atoms with E-state index in [1.165, 1.54) is 13.3 Å². The number of nitrogens with two attached hydrogens (primary N) is 1. The van der Waals surface area contributed by atoms with Crippen LogP contribution in [0.15, 0.2) is 12.3 Å². The van der Waals surface area contributed by atoms with Crippen molar-refractivity contribution in [2.24, 2.45) is 5.41 Å². The fourth-order valence-electron chi connectivity index (χ4n) is 1.21. The third-order valence-electron chi connectivity index (χ3n) is 2.14. The van der Waals surface area contributed by atoms with Crippen LogP contribution >= 0.6 is 0 Å². The molecule has 0 unspecified atom stereocenters. The zero-order valence-electron chi connectivity index (χ0n) is 10.7. The summed E-state index contributed by atoms with van der Waals surface area (Å²) < 4.78 is 4.64. The Morgan fingerprint density at radius 2 is 2.18 bits per heavy atom. The lowest BCUT2D eigenvalue weighted by Crippen LogP contribution is -2.20. The zero-order valence-corrected chi connectivity index (χ0v) is 10.7. The van der Waals surface area contributed by atoms with E-state index in [2.05, 4.69) is 35.8 Å². The van der Waals surface area contributed by atoms with Gasteiger partial charge in [0.2, 0.25) is 0 Å². The van der Waals surface area contributed by atoms with Crippen molar-refractivity contribution < 1.29 is 9.53 Å². The summed E-state index contributed by atoms with van der Waals surface area (Å²) in [4.78, 5) is 15.5. The summed E-state index contributed by atoms with van der Waals surface area (Å²) in [6, 6.07) is 1.60. The van der Waals surface area contributed by atoms with Gasteiger partial charge in [0, 0.05) is 6.54 Å². The molecule has 0 radical (unpaired) electrons. The van der Waals surface area contributed by atoms with Crippen LogP contribution in [0.3, 0.4) is 0 Å². The predicted molar refractivity (Wildman–Crippen MR) is 67.9 cm³/mol. The molecule has 17 heavy (non-hydrogen) atoms. The van der Waals surface area contributed by atoms with E-state index in [9.17, 15) is 4.79 Å². The van der Waals surface area contributed by atoms with Gasteiger partial charge >= 0.3 is 5.97 Å². The number of hydrogen-bond acceptors (Lipinski definition) is 5. The Labute approximate surface area is 101 Å². The Morgan fingerprint density at radius 1 is 1.53 bits per heavy atom. The van der Waals surface area contributed by atoms with Crippen LogP contribution in [0.4, 0.5) is 11.5 Å². The second-order valence-corrected chi connectivity index (χ2v) is 5.06. The molecule has 0 amide bonds. The second-order valence-electron chi connectivity index (χ2n) is 5.06. The smallest absolute Gasteiger partial charge is 0.340 e. The summed E-state index contributed by atoms with van der Waals surface area (Å²) in [5.74, 6) is 0.165. The number of pyridine rings is 1. The van der Waals surface area contributed by atoms with E-state index in [1.807, 2.05) is 0 Å². The van der Waals surface area contributed by atoms with Crippen LogP contribution < -0.4 is 11.1 Å². The van der Waals surface area contributed by atoms with Crippen LogP contribution in [0.2, 0.25) is 0 Å². The van der Waals surface area contributed by atoms with Gasteiger partial charge in [-0.05, 0) is 11.5 Å². The third-order valence-corrected chi connectivity index (χ3v) is 2.14. The van der Waals surface area contributed by atoms with Crippen molar-refractivity contribution in [3.8, 4) is 0 Å². The van der Waals surface area contributed by atoms with E-state index in [1.54, 1.807) is 6.07 Å². The van der Waals surface area contributed by atoms with Crippen molar-refractivity contribution in [3.63, 3.8) is 0 Å². The quantitative estimate of drug-likeness (QED) is 0.785. The maximum atomic E-state index is 11.4. The average molecular weight is 237 g/mol. The topological polar surface area (TPSA) is 77.2 Å². The number of hydrogen-bond donors (Lipinski definition) is 2. The van der Waals surface area contributed by atoms with Gasteiger partial charge in [-0.15, -0.1) is 0 Å². The second kappa shape index (κ2) is 5.03. The van der Waals surface area contributed by atoms with E-state index < -0.39 is 5.97 Å². The first kappa shape index (κ1) is 13.3. The van der Waals surface area contributed by atoms with Crippen LogP contribution in [0.25, 0.3) is 0 Å². The number of ether oxygens (including phenoxy) is 1. The molecule has 1 heterocycles. The molecule has 0 spiro atoms. The van der Waals surface area contributed by atoms with Gasteiger partial charge in [0.05, 0.1) is 24.6 Å². The normalized spacial score (nSPS) is 11.1. The number of rotatable bonds is 3. The van der Waals surface area contributed by atoms with Gasteiger partial charge in [-0.1, -0.05) is 20.8 Å². The number of nitrogens with zero attached hydrogens (tertiary/aromatic N) is 1. The summed E-state index contributed by atoms with van der Waals surface area (Å²) >= 11 is 0. The third kappa shape index (κ3) is 3.94. The largest absolute Gasteiger partial charge is 0.465 e. The molecule has 0 saturated carbocycles. The fourth-order valence-corrected chi connectivity index (χ4v) is 1.21. The van der Waals surface area contributed by atoms with Crippen LogP contribution in [-0.2, 0) is 4.74 Å². The summed E-state index contributed by atoms with van der Waals surface area (Å²) in [5, 5.41) is 3.16. The van der Waals surface area contributed by atoms with Crippen LogP contribution in [0.1, 0.15) is 31.1 Å². The molecule has 94 valence electrons. The minimum absolute atomic E-state index is 0.133. The van der Waals surface area contributed by atoms with Gasteiger partial charge in [0.15, 0.2) is 0 Å². The summed E-state index contributed by atoms with van der Waals surface area (Å²) in [5.41, 5.74) is 6.44. The average Bonchev–Trinajstić information content (AvgIpc) is 2.26. The van der Waals surface area contributed by atoms with Gasteiger partial charge in [0.1, 0.15) is 5.82 Å². The fraction of sp³-hybridized carbons (Fsp3) is 0.500. The molecule has 0 aliphatic rings. The highest BCUT2D eigenvalue weighted by Gasteiger charge is 2.13. The number of carbonyl (C=O) groups excluding carboxylic acids is 1. The molecular formula is C12H19N3O2. The molecule has 1 rings (SSSR count). The minimum Gasteiger partial charge on any atom is -0.465 e. The van der Waals surface area contributed by atoms with Gasteiger partial charge in [0.25, 0.3) is 0 Å². The Kier molecular flexibility index (Phi) is 3.93. The number of aromatic nitrogens is 1. The van der Waals surface area contributed by atoms with Crippen molar-refractivity contribution >= 4 is 17.5 Å². The van der Waals surface area contributed by atoms with Crippen molar-refractivity contribution in [2.45, 2.75) is 20.8 Å². The number of nitrogens with one attached hydrogen (secondary N) is 1. The van der Waals surface area contributed by atoms with E-state index in [0.717, 1.165) is 6.54 Å². The molecule has 0 aromatic carbocycles. The molecular weight excluding hydrogens is 218 g/mol. The molecule has 0 bridgehead atoms. The maximum Gasteiger partial charge on any atom is 0.340 e. The van der Waals surface area contributed by atoms with Gasteiger partial charge < -0.3 is 15.8 Å². The lowest BCUT2D eigenvalue weighted by Gasteiger charge is -2.19. The van der Waals surface area contributed by atoms with Gasteiger partial charge in [-0.2, -0.15) is 0 Å². The van der Waals surface area contributed by atoms with E-state index >= 15 is 0 Å². The lowest BCUT2D eigenvalue weighted by molar-refractivity contribution is 0.0602. The first-order valence-electron chi connectivity index (χ1n) is 5.41. The molecule has 0 aliphatic heterocycles. The highest BCUT2D eigenvalue weighted by atomic mass is 16.5. The van der Waals surface area contributed by atoms with Gasteiger partial charge in [-0.25, -0.2) is 9.78 Å². The molecule has 0 saturated heterocycles. The summed E-state index contributed by atoms with van der Waals surface area (Å²) in [6.45, 7) is 7.08. The molecule has 5 nitrogen and oxygen atoms in total. The lowest BCUT2D eigenvalue weighted by atomic mass is 9.97. The van der Waals surface area contributed by atoms with Crippen molar-refractivity contribution in [1.29, 1.82) is 0 Å². The Morgan fingerprint density at radius 3 is 2.71 bits per heavy atom. The number of anilines is 2. The van der Waals surface area contributed by atoms with Crippen molar-refractivity contribution in [3.05, 3.63) is 17.8 Å². The number of esters is 1. The number of carbonyl (C=O) groups is 1. The van der Waals surface area contributed by atoms with Gasteiger partial charge in [-0.3, -0.25) is 0 Å². The molecule has 0 atom stereocenters.